The number of hydroxylamine groups is 1. The smallest absolute Gasteiger partial charge is 0.326 e. The Morgan fingerprint density at radius 3 is 2.38 bits per heavy atom. The molecule has 142 valence electrons. The quantitative estimate of drug-likeness (QED) is 0.367. The molecule has 2 rings (SSSR count). The largest absolute Gasteiger partial charge is 0.497 e. The molecule has 26 heavy (non-hydrogen) atoms. The van der Waals surface area contributed by atoms with Crippen LogP contribution in [0.3, 0.4) is 0 Å². The molecule has 0 spiro atoms. The van der Waals surface area contributed by atoms with E-state index < -0.39 is 45.9 Å². The summed E-state index contributed by atoms with van der Waals surface area (Å²) in [7, 11) is -1.07. The van der Waals surface area contributed by atoms with E-state index in [1.807, 2.05) is 0 Å². The van der Waals surface area contributed by atoms with Gasteiger partial charge in [0.2, 0.25) is 11.8 Å². The molecule has 1 aliphatic rings. The average molecular weight is 385 g/mol. The Balaban J connectivity index is 2.22. The van der Waals surface area contributed by atoms with Gasteiger partial charge in [-0.25, -0.2) is 18.7 Å². The molecule has 0 bridgehead atoms. The van der Waals surface area contributed by atoms with E-state index in [9.17, 15) is 22.8 Å². The van der Waals surface area contributed by atoms with Crippen molar-refractivity contribution in [1.82, 2.24) is 15.3 Å². The minimum absolute atomic E-state index is 0.0507. The minimum Gasteiger partial charge on any atom is -0.497 e. The van der Waals surface area contributed by atoms with Crippen LogP contribution in [-0.4, -0.2) is 74.3 Å². The molecule has 10 nitrogen and oxygen atoms in total. The molecule has 1 aliphatic heterocycles. The van der Waals surface area contributed by atoms with Gasteiger partial charge in [0.05, 0.1) is 23.7 Å². The number of likely N-dealkylation sites (N-methyl/N-ethyl adjacent to an activating group) is 1. The van der Waals surface area contributed by atoms with Crippen molar-refractivity contribution in [2.45, 2.75) is 4.90 Å². The van der Waals surface area contributed by atoms with Crippen LogP contribution < -0.4 is 10.2 Å². The second-order valence-electron chi connectivity index (χ2n) is 5.77. The predicted octanol–water partition coefficient (Wildman–Crippen LogP) is -0.515. The number of nitrogens with one attached hydrogen (secondary N) is 1. The highest BCUT2D eigenvalue weighted by Gasteiger charge is 2.38. The molecule has 1 fully saturated rings. The fourth-order valence-electron chi connectivity index (χ4n) is 2.52. The van der Waals surface area contributed by atoms with Gasteiger partial charge in [0, 0.05) is 13.6 Å². The Kier molecular flexibility index (Phi) is 5.83. The molecule has 1 saturated heterocycles. The average Bonchev–Trinajstić information content (AvgIpc) is 2.86. The fourth-order valence-corrected chi connectivity index (χ4v) is 4.05. The van der Waals surface area contributed by atoms with Gasteiger partial charge in [-0.3, -0.25) is 19.7 Å². The molecule has 0 saturated carbocycles. The lowest BCUT2D eigenvalue weighted by Crippen LogP contribution is -2.44. The van der Waals surface area contributed by atoms with E-state index in [0.717, 1.165) is 9.80 Å². The summed E-state index contributed by atoms with van der Waals surface area (Å²) in [5.74, 6) is -3.10. The molecule has 4 amide bonds. The normalized spacial score (nSPS) is 16.0. The van der Waals surface area contributed by atoms with Gasteiger partial charge in [-0.05, 0) is 24.3 Å². The van der Waals surface area contributed by atoms with Crippen molar-refractivity contribution < 1.29 is 32.7 Å². The van der Waals surface area contributed by atoms with Gasteiger partial charge in [0.25, 0.3) is 0 Å². The summed E-state index contributed by atoms with van der Waals surface area (Å²) in [5, 5.41) is 8.89. The van der Waals surface area contributed by atoms with Gasteiger partial charge in [-0.2, -0.15) is 0 Å². The van der Waals surface area contributed by atoms with Crippen LogP contribution in [0.4, 0.5) is 4.79 Å². The number of amides is 4. The van der Waals surface area contributed by atoms with Gasteiger partial charge < -0.3 is 9.64 Å². The van der Waals surface area contributed by atoms with Crippen LogP contribution >= 0.6 is 0 Å². The number of sulfone groups is 1. The molecule has 11 heteroatoms. The summed E-state index contributed by atoms with van der Waals surface area (Å²) in [6.07, 6.45) is 0. The van der Waals surface area contributed by atoms with Crippen molar-refractivity contribution in [3.63, 3.8) is 0 Å². The lowest BCUT2D eigenvalue weighted by molar-refractivity contribution is -0.134. The molecule has 1 atom stereocenters. The van der Waals surface area contributed by atoms with Crippen molar-refractivity contribution in [1.29, 1.82) is 0 Å². The van der Waals surface area contributed by atoms with Crippen molar-refractivity contribution in [3.8, 4) is 5.75 Å². The third-order valence-corrected chi connectivity index (χ3v) is 5.79. The summed E-state index contributed by atoms with van der Waals surface area (Å²) < 4.78 is 30.1. The number of methoxy groups -OCH3 is 1. The standard InChI is InChI=1S/C15H19N3O7S/c1-17-8-13(19)18(15(17)21)7-10(14(20)16-22)9-26(23,24)12-5-3-11(25-2)4-6-12/h3-6,10,22H,7-9H2,1-2H3,(H,16,20). The highest BCUT2D eigenvalue weighted by Crippen LogP contribution is 2.20. The summed E-state index contributed by atoms with van der Waals surface area (Å²) in [6.45, 7) is -0.610. The number of rotatable bonds is 7. The number of ether oxygens (including phenoxy) is 1. The summed E-state index contributed by atoms with van der Waals surface area (Å²) >= 11 is 0. The van der Waals surface area contributed by atoms with E-state index >= 15 is 0 Å². The number of urea groups is 1. The number of hydrogen-bond acceptors (Lipinski definition) is 7. The van der Waals surface area contributed by atoms with Crippen molar-refractivity contribution in [2.75, 3.05) is 33.0 Å². The molecular formula is C15H19N3O7S. The fraction of sp³-hybridized carbons (Fsp3) is 0.400. The molecule has 1 unspecified atom stereocenters. The maximum atomic E-state index is 12.6. The summed E-state index contributed by atoms with van der Waals surface area (Å²) in [6, 6.07) is 4.92. The Morgan fingerprint density at radius 1 is 1.31 bits per heavy atom. The Labute approximate surface area is 150 Å². The zero-order chi connectivity index (χ0) is 19.5. The van der Waals surface area contributed by atoms with Gasteiger partial charge in [0.15, 0.2) is 9.84 Å². The number of nitrogens with zero attached hydrogens (tertiary/aromatic N) is 2. The number of benzene rings is 1. The Bertz CT molecular complexity index is 807. The monoisotopic (exact) mass is 385 g/mol. The molecular weight excluding hydrogens is 366 g/mol. The first-order valence-electron chi connectivity index (χ1n) is 7.56. The Hall–Kier alpha value is -2.66. The van der Waals surface area contributed by atoms with E-state index in [1.54, 1.807) is 0 Å². The van der Waals surface area contributed by atoms with Crippen LogP contribution in [0.2, 0.25) is 0 Å². The second-order valence-corrected chi connectivity index (χ2v) is 7.81. The number of hydrogen-bond donors (Lipinski definition) is 2. The molecule has 2 N–H and O–H groups in total. The molecule has 1 aromatic rings. The van der Waals surface area contributed by atoms with Gasteiger partial charge >= 0.3 is 6.03 Å². The molecule has 0 aliphatic carbocycles. The second kappa shape index (κ2) is 7.70. The first-order valence-corrected chi connectivity index (χ1v) is 9.21. The van der Waals surface area contributed by atoms with Crippen molar-refractivity contribution in [3.05, 3.63) is 24.3 Å². The van der Waals surface area contributed by atoms with E-state index in [0.29, 0.717) is 5.75 Å². The summed E-state index contributed by atoms with van der Waals surface area (Å²) in [5.41, 5.74) is 1.39. The maximum Gasteiger partial charge on any atom is 0.326 e. The van der Waals surface area contributed by atoms with Crippen LogP contribution in [0, 0.1) is 5.92 Å². The topological polar surface area (TPSA) is 133 Å². The highest BCUT2D eigenvalue weighted by molar-refractivity contribution is 7.91. The molecule has 1 aromatic carbocycles. The van der Waals surface area contributed by atoms with E-state index in [4.69, 9.17) is 9.94 Å². The zero-order valence-electron chi connectivity index (χ0n) is 14.2. The van der Waals surface area contributed by atoms with Crippen LogP contribution in [0.15, 0.2) is 29.2 Å². The van der Waals surface area contributed by atoms with E-state index in [1.165, 1.54) is 43.9 Å². The molecule has 1 heterocycles. The van der Waals surface area contributed by atoms with Crippen LogP contribution in [-0.2, 0) is 19.4 Å². The van der Waals surface area contributed by atoms with Gasteiger partial charge in [0.1, 0.15) is 12.3 Å². The van der Waals surface area contributed by atoms with Gasteiger partial charge in [-0.15, -0.1) is 0 Å². The van der Waals surface area contributed by atoms with Crippen molar-refractivity contribution >= 4 is 27.7 Å². The number of carbonyl (C=O) groups excluding carboxylic acids is 3. The van der Waals surface area contributed by atoms with E-state index in [-0.39, 0.29) is 11.4 Å². The third-order valence-electron chi connectivity index (χ3n) is 3.95. The first-order chi connectivity index (χ1) is 12.2. The van der Waals surface area contributed by atoms with Crippen LogP contribution in [0.5, 0.6) is 5.75 Å². The first kappa shape index (κ1) is 19.7. The Morgan fingerprint density at radius 2 is 1.92 bits per heavy atom. The van der Waals surface area contributed by atoms with Crippen LogP contribution in [0.1, 0.15) is 0 Å². The highest BCUT2D eigenvalue weighted by atomic mass is 32.2. The number of imide groups is 1. The predicted molar refractivity (Wildman–Crippen MR) is 88.2 cm³/mol. The third kappa shape index (κ3) is 4.11. The van der Waals surface area contributed by atoms with Gasteiger partial charge in [-0.1, -0.05) is 0 Å². The maximum absolute atomic E-state index is 12.6. The van der Waals surface area contributed by atoms with Crippen molar-refractivity contribution in [2.24, 2.45) is 5.92 Å². The molecule has 0 aromatic heterocycles. The van der Waals surface area contributed by atoms with E-state index in [2.05, 4.69) is 0 Å². The van der Waals surface area contributed by atoms with Crippen LogP contribution in [0.25, 0.3) is 0 Å². The summed E-state index contributed by atoms with van der Waals surface area (Å²) in [4.78, 5) is 37.6. The zero-order valence-corrected chi connectivity index (χ0v) is 15.0. The minimum atomic E-state index is -3.92. The molecule has 0 radical (unpaired) electrons. The number of carbonyl (C=O) groups is 3. The SMILES string of the molecule is COc1ccc(S(=O)(=O)CC(CN2C(=O)CN(C)C2=O)C(=O)NO)cc1. The lowest BCUT2D eigenvalue weighted by Gasteiger charge is -2.21. The lowest BCUT2D eigenvalue weighted by atomic mass is 10.1.